The molecule has 3 heterocycles. The first-order valence-corrected chi connectivity index (χ1v) is 8.88. The van der Waals surface area contributed by atoms with Crippen LogP contribution in [0.5, 0.6) is 0 Å². The monoisotopic (exact) mass is 339 g/mol. The second-order valence-electron chi connectivity index (χ2n) is 6.00. The number of nitrogens with zero attached hydrogens (tertiary/aromatic N) is 5. The minimum Gasteiger partial charge on any atom is -0.318 e. The van der Waals surface area contributed by atoms with Gasteiger partial charge in [-0.25, -0.2) is 9.78 Å². The van der Waals surface area contributed by atoms with Crippen LogP contribution in [-0.4, -0.2) is 53.0 Å². The maximum absolute atomic E-state index is 12.8. The first kappa shape index (κ1) is 15.0. The molecule has 6 nitrogen and oxygen atoms in total. The molecule has 0 spiro atoms. The molecule has 0 radical (unpaired) electrons. The fourth-order valence-electron chi connectivity index (χ4n) is 3.29. The van der Waals surface area contributed by atoms with E-state index in [9.17, 15) is 4.79 Å². The topological polar surface area (TPSA) is 63.5 Å². The highest BCUT2D eigenvalue weighted by atomic mass is 32.1. The maximum atomic E-state index is 12.8. The van der Waals surface area contributed by atoms with Crippen LogP contribution in [0.2, 0.25) is 0 Å². The minimum atomic E-state index is 0.00810. The van der Waals surface area contributed by atoms with Crippen molar-refractivity contribution >= 4 is 22.5 Å². The second-order valence-corrected chi connectivity index (χ2v) is 6.83. The molecule has 24 heavy (non-hydrogen) atoms. The summed E-state index contributed by atoms with van der Waals surface area (Å²) in [5.41, 5.74) is 1.96. The Hall–Kier alpha value is -2.59. The summed E-state index contributed by atoms with van der Waals surface area (Å²) in [6.07, 6.45) is 3.03. The molecule has 2 aliphatic heterocycles. The van der Waals surface area contributed by atoms with Gasteiger partial charge in [-0.05, 0) is 6.42 Å². The van der Waals surface area contributed by atoms with Gasteiger partial charge in [0, 0.05) is 37.1 Å². The van der Waals surface area contributed by atoms with Crippen molar-refractivity contribution in [3.05, 3.63) is 35.7 Å². The number of anilines is 1. The number of rotatable bonds is 3. The zero-order chi connectivity index (χ0) is 16.5. The Kier molecular flexibility index (Phi) is 3.82. The van der Waals surface area contributed by atoms with Gasteiger partial charge in [-0.2, -0.15) is 5.26 Å². The molecule has 7 heteroatoms. The highest BCUT2D eigenvalue weighted by molar-refractivity contribution is 7.14. The highest BCUT2D eigenvalue weighted by Gasteiger charge is 2.38. The highest BCUT2D eigenvalue weighted by Crippen LogP contribution is 2.30. The largest absolute Gasteiger partial charge is 0.326 e. The predicted molar refractivity (Wildman–Crippen MR) is 92.6 cm³/mol. The van der Waals surface area contributed by atoms with Crippen LogP contribution in [0.15, 0.2) is 35.7 Å². The molecule has 1 aromatic carbocycles. The predicted octanol–water partition coefficient (Wildman–Crippen LogP) is 2.61. The number of urea groups is 1. The molecule has 1 atom stereocenters. The molecule has 2 aromatic rings. The Labute approximate surface area is 144 Å². The number of carbonyl (C=O) groups is 1. The van der Waals surface area contributed by atoms with Crippen molar-refractivity contribution in [1.29, 1.82) is 5.26 Å². The van der Waals surface area contributed by atoms with Crippen molar-refractivity contribution in [1.82, 2.24) is 14.8 Å². The van der Waals surface area contributed by atoms with Crippen LogP contribution in [0.4, 0.5) is 9.93 Å². The van der Waals surface area contributed by atoms with Crippen LogP contribution in [0.1, 0.15) is 6.42 Å². The number of hydrogen-bond donors (Lipinski definition) is 0. The lowest BCUT2D eigenvalue weighted by Crippen LogP contribution is -2.40. The first-order chi connectivity index (χ1) is 11.8. The van der Waals surface area contributed by atoms with Crippen LogP contribution < -0.4 is 4.90 Å². The number of nitriles is 1. The van der Waals surface area contributed by atoms with Gasteiger partial charge >= 0.3 is 6.03 Å². The average Bonchev–Trinajstić information content (AvgIpc) is 3.34. The Morgan fingerprint density at radius 2 is 2.04 bits per heavy atom. The van der Waals surface area contributed by atoms with Crippen molar-refractivity contribution in [2.45, 2.75) is 12.5 Å². The molecule has 122 valence electrons. The molecule has 2 aliphatic rings. The number of benzene rings is 1. The quantitative estimate of drug-likeness (QED) is 0.807. The van der Waals surface area contributed by atoms with E-state index in [1.165, 1.54) is 11.3 Å². The summed E-state index contributed by atoms with van der Waals surface area (Å²) in [4.78, 5) is 22.8. The van der Waals surface area contributed by atoms with E-state index in [2.05, 4.69) is 11.2 Å². The van der Waals surface area contributed by atoms with Crippen molar-refractivity contribution in [2.75, 3.05) is 31.1 Å². The molecular weight excluding hydrogens is 322 g/mol. The molecule has 2 fully saturated rings. The smallest absolute Gasteiger partial charge is 0.318 e. The van der Waals surface area contributed by atoms with E-state index in [4.69, 9.17) is 5.26 Å². The van der Waals surface area contributed by atoms with Crippen LogP contribution in [0.3, 0.4) is 0 Å². The molecule has 2 amide bonds. The van der Waals surface area contributed by atoms with Crippen LogP contribution in [0.25, 0.3) is 11.3 Å². The summed E-state index contributed by atoms with van der Waals surface area (Å²) < 4.78 is 0. The van der Waals surface area contributed by atoms with Gasteiger partial charge in [0.15, 0.2) is 11.3 Å². The van der Waals surface area contributed by atoms with E-state index in [0.29, 0.717) is 19.6 Å². The summed E-state index contributed by atoms with van der Waals surface area (Å²) in [7, 11) is 0. The van der Waals surface area contributed by atoms with Crippen LogP contribution in [0, 0.1) is 11.5 Å². The zero-order valence-corrected chi connectivity index (χ0v) is 13.9. The van der Waals surface area contributed by atoms with Gasteiger partial charge in [-0.15, -0.1) is 11.3 Å². The van der Waals surface area contributed by atoms with Gasteiger partial charge in [-0.3, -0.25) is 4.90 Å². The van der Waals surface area contributed by atoms with E-state index in [0.717, 1.165) is 29.4 Å². The number of thiazole rings is 1. The van der Waals surface area contributed by atoms with E-state index in [1.54, 1.807) is 9.80 Å². The van der Waals surface area contributed by atoms with Crippen LogP contribution in [-0.2, 0) is 0 Å². The Morgan fingerprint density at radius 3 is 2.79 bits per heavy atom. The Morgan fingerprint density at radius 1 is 1.21 bits per heavy atom. The average molecular weight is 339 g/mol. The molecule has 0 N–H and O–H groups in total. The summed E-state index contributed by atoms with van der Waals surface area (Å²) in [6, 6.07) is 10.1. The fourth-order valence-corrected chi connectivity index (χ4v) is 4.14. The lowest BCUT2D eigenvalue weighted by atomic mass is 10.2. The molecule has 1 aromatic heterocycles. The summed E-state index contributed by atoms with van der Waals surface area (Å²) >= 11 is 1.50. The SMILES string of the molecule is N#CN1CCC(N2CCN(c3nc(-c4ccccc4)cs3)C2=O)C1. The van der Waals surface area contributed by atoms with Crippen molar-refractivity contribution in [3.63, 3.8) is 0 Å². The van der Waals surface area contributed by atoms with Crippen molar-refractivity contribution < 1.29 is 4.79 Å². The second kappa shape index (κ2) is 6.13. The van der Waals surface area contributed by atoms with Gasteiger partial charge in [0.1, 0.15) is 0 Å². The summed E-state index contributed by atoms with van der Waals surface area (Å²) in [5, 5.41) is 11.7. The van der Waals surface area contributed by atoms with Gasteiger partial charge in [-0.1, -0.05) is 30.3 Å². The standard InChI is InChI=1S/C17H17N5OS/c18-12-20-7-6-14(10-20)21-8-9-22(17(21)23)16-19-15(11-24-16)13-4-2-1-3-5-13/h1-5,11,14H,6-10H2. The van der Waals surface area contributed by atoms with E-state index < -0.39 is 0 Å². The number of amides is 2. The summed E-state index contributed by atoms with van der Waals surface area (Å²) in [5.74, 6) is 0. The maximum Gasteiger partial charge on any atom is 0.326 e. The third-order valence-electron chi connectivity index (χ3n) is 4.58. The van der Waals surface area contributed by atoms with Gasteiger partial charge in [0.25, 0.3) is 0 Å². The number of hydrogen-bond acceptors (Lipinski definition) is 5. The normalized spacial score (nSPS) is 20.7. The van der Waals surface area contributed by atoms with E-state index in [-0.39, 0.29) is 12.1 Å². The van der Waals surface area contributed by atoms with E-state index in [1.807, 2.05) is 40.6 Å². The summed E-state index contributed by atoms with van der Waals surface area (Å²) in [6.45, 7) is 2.73. The van der Waals surface area contributed by atoms with Crippen LogP contribution >= 0.6 is 11.3 Å². The fraction of sp³-hybridized carbons (Fsp3) is 0.353. The zero-order valence-electron chi connectivity index (χ0n) is 13.1. The van der Waals surface area contributed by atoms with Crippen molar-refractivity contribution in [3.8, 4) is 17.5 Å². The van der Waals surface area contributed by atoms with Gasteiger partial charge in [0.2, 0.25) is 0 Å². The molecule has 0 aliphatic carbocycles. The lowest BCUT2D eigenvalue weighted by Gasteiger charge is -2.23. The molecular formula is C17H17N5OS. The van der Waals surface area contributed by atoms with E-state index >= 15 is 0 Å². The Bertz CT molecular complexity index is 784. The molecule has 1 unspecified atom stereocenters. The number of carbonyl (C=O) groups excluding carboxylic acids is 1. The number of aromatic nitrogens is 1. The molecule has 0 bridgehead atoms. The number of likely N-dealkylation sites (tertiary alicyclic amines) is 1. The molecule has 0 saturated carbocycles. The van der Waals surface area contributed by atoms with Gasteiger partial charge < -0.3 is 9.80 Å². The molecule has 4 rings (SSSR count). The van der Waals surface area contributed by atoms with Crippen molar-refractivity contribution in [2.24, 2.45) is 0 Å². The first-order valence-electron chi connectivity index (χ1n) is 8.00. The molecule has 2 saturated heterocycles. The Balaban J connectivity index is 1.49. The van der Waals surface area contributed by atoms with Gasteiger partial charge in [0.05, 0.1) is 11.7 Å². The third kappa shape index (κ3) is 2.59. The minimum absolute atomic E-state index is 0.00810. The third-order valence-corrected chi connectivity index (χ3v) is 5.44. The lowest BCUT2D eigenvalue weighted by molar-refractivity contribution is 0.202.